The highest BCUT2D eigenvalue weighted by molar-refractivity contribution is 7.46. The molecule has 0 radical (unpaired) electrons. The number of carbonyl (C=O) groups excluding carboxylic acids is 6. The van der Waals surface area contributed by atoms with E-state index in [9.17, 15) is 38.4 Å². The lowest BCUT2D eigenvalue weighted by atomic mass is 10.0. The summed E-state index contributed by atoms with van der Waals surface area (Å²) in [7, 11) is -5.09. The number of H-pyrrole nitrogens is 1. The lowest BCUT2D eigenvalue weighted by Crippen LogP contribution is -2.61. The number of amides is 6. The summed E-state index contributed by atoms with van der Waals surface area (Å²) < 4.78 is 21.4. The van der Waals surface area contributed by atoms with Crippen molar-refractivity contribution in [2.75, 3.05) is 13.2 Å². The lowest BCUT2D eigenvalue weighted by molar-refractivity contribution is -0.139. The van der Waals surface area contributed by atoms with E-state index in [-0.39, 0.29) is 37.6 Å². The number of hydrogen-bond donors (Lipinski definition) is 9. The van der Waals surface area contributed by atoms with Crippen molar-refractivity contribution in [2.24, 2.45) is 11.7 Å². The van der Waals surface area contributed by atoms with E-state index >= 15 is 0 Å². The van der Waals surface area contributed by atoms with Crippen LogP contribution in [-0.4, -0.2) is 121 Å². The fourth-order valence-corrected chi connectivity index (χ4v) is 5.80. The summed E-state index contributed by atoms with van der Waals surface area (Å²) in [4.78, 5) is 104. The van der Waals surface area contributed by atoms with E-state index in [4.69, 9.17) is 20.3 Å². The van der Waals surface area contributed by atoms with Crippen molar-refractivity contribution < 1.29 is 57.5 Å². The van der Waals surface area contributed by atoms with Crippen molar-refractivity contribution in [3.05, 3.63) is 30.6 Å². The number of allylic oxidation sites excluding steroid dienone is 1. The molecule has 21 heteroatoms. The second-order valence-electron chi connectivity index (χ2n) is 12.4. The van der Waals surface area contributed by atoms with Gasteiger partial charge in [0.05, 0.1) is 31.8 Å². The first kappa shape index (κ1) is 42.8. The summed E-state index contributed by atoms with van der Waals surface area (Å²) in [6.07, 6.45) is 4.88. The van der Waals surface area contributed by atoms with Crippen LogP contribution in [-0.2, 0) is 49.0 Å². The Bertz CT molecular complexity index is 1440. The first-order valence-electron chi connectivity index (χ1n) is 16.3. The summed E-state index contributed by atoms with van der Waals surface area (Å²) >= 11 is 0. The van der Waals surface area contributed by atoms with E-state index in [0.717, 1.165) is 13.3 Å². The molecule has 10 N–H and O–H groups in total. The molecular formula is C30H49N8O12P. The molecular weight excluding hydrogens is 695 g/mol. The van der Waals surface area contributed by atoms with Crippen LogP contribution >= 0.6 is 7.82 Å². The molecule has 1 aromatic rings. The number of hydrogen-bond acceptors (Lipinski definition) is 11. The number of phosphoric acid groups is 1. The Balaban J connectivity index is 2.26. The highest BCUT2D eigenvalue weighted by atomic mass is 31.2. The number of ether oxygens (including phenoxy) is 1. The van der Waals surface area contributed by atoms with Crippen molar-refractivity contribution in [1.29, 1.82) is 0 Å². The largest absolute Gasteiger partial charge is 0.496 e. The van der Waals surface area contributed by atoms with Gasteiger partial charge in [0.25, 0.3) is 0 Å². The van der Waals surface area contributed by atoms with Crippen molar-refractivity contribution in [3.8, 4) is 0 Å². The normalized spacial score (nSPS) is 19.1. The van der Waals surface area contributed by atoms with Gasteiger partial charge < -0.3 is 56.5 Å². The summed E-state index contributed by atoms with van der Waals surface area (Å²) in [5, 5.41) is 19.6. The molecule has 0 aliphatic carbocycles. The summed E-state index contributed by atoms with van der Waals surface area (Å²) in [5.74, 6) is -5.16. The van der Waals surface area contributed by atoms with Crippen LogP contribution in [0.25, 0.3) is 0 Å². The van der Waals surface area contributed by atoms with Gasteiger partial charge in [-0.1, -0.05) is 26.8 Å². The van der Waals surface area contributed by atoms with Crippen molar-refractivity contribution >= 4 is 43.3 Å². The van der Waals surface area contributed by atoms with E-state index in [1.165, 1.54) is 30.6 Å². The van der Waals surface area contributed by atoms with Gasteiger partial charge in [0.1, 0.15) is 36.3 Å². The van der Waals surface area contributed by atoms with Gasteiger partial charge >= 0.3 is 7.82 Å². The number of aromatic amines is 1. The van der Waals surface area contributed by atoms with Crippen LogP contribution in [0.5, 0.6) is 0 Å². The average molecular weight is 745 g/mol. The SMILES string of the molecule is CC/C=C/O[C@@H]1C[C@@H](C(=O)N[C@@H](CC(C)C)C(=O)N[C@@H](Cc2cnc[nH]2)C(=O)N[C@@H](CO)C(=O)N[C@H](C(N)=O)[C@@H](C)OP(=O)(O)O)N(C(C)=O)C1. The van der Waals surface area contributed by atoms with E-state index in [1.54, 1.807) is 6.08 Å². The van der Waals surface area contributed by atoms with Gasteiger partial charge in [0.2, 0.25) is 35.4 Å². The van der Waals surface area contributed by atoms with E-state index in [2.05, 4.69) is 35.8 Å². The number of aliphatic hydroxyl groups excluding tert-OH is 1. The molecule has 0 unspecified atom stereocenters. The van der Waals surface area contributed by atoms with Gasteiger partial charge in [-0.05, 0) is 25.7 Å². The number of nitrogens with one attached hydrogen (secondary N) is 5. The van der Waals surface area contributed by atoms with Crippen LogP contribution in [0.1, 0.15) is 59.6 Å². The van der Waals surface area contributed by atoms with Crippen LogP contribution in [0.4, 0.5) is 0 Å². The van der Waals surface area contributed by atoms with Gasteiger partial charge in [-0.15, -0.1) is 0 Å². The third-order valence-corrected chi connectivity index (χ3v) is 8.32. The Morgan fingerprint density at radius 3 is 2.22 bits per heavy atom. The molecule has 51 heavy (non-hydrogen) atoms. The molecule has 1 aliphatic rings. The molecule has 6 amide bonds. The maximum Gasteiger partial charge on any atom is 0.469 e. The fraction of sp³-hybridized carbons (Fsp3) is 0.633. The highest BCUT2D eigenvalue weighted by Gasteiger charge is 2.41. The van der Waals surface area contributed by atoms with Crippen LogP contribution in [0.15, 0.2) is 24.9 Å². The minimum atomic E-state index is -5.09. The second kappa shape index (κ2) is 19.9. The first-order valence-corrected chi connectivity index (χ1v) is 17.8. The standard InChI is InChI=1S/C30H49N8O12P/c1-6-7-8-49-20-11-24(38(13-20)18(5)40)30(45)35-21(9-16(2)3)27(42)34-22(10-19-12-32-15-33-19)28(43)36-23(14-39)29(44)37-25(26(31)41)17(4)50-51(46,47)48/h7-8,12,15-17,20-25,39H,6,9-11,13-14H2,1-5H3,(H2,31,41)(H,32,33)(H,34,42)(H,35,45)(H,36,43)(H,37,44)(H2,46,47,48)/b8-7+/t17-,20-,21+,22+,23+,24+,25+/m1/s1. The number of aliphatic hydroxyl groups is 1. The predicted octanol–water partition coefficient (Wildman–Crippen LogP) is -2.16. The topological polar surface area (TPSA) is 305 Å². The van der Waals surface area contributed by atoms with Gasteiger partial charge in [-0.3, -0.25) is 33.3 Å². The number of nitrogens with zero attached hydrogens (tertiary/aromatic N) is 2. The Kier molecular flexibility index (Phi) is 16.7. The molecule has 2 rings (SSSR count). The minimum Gasteiger partial charge on any atom is -0.496 e. The van der Waals surface area contributed by atoms with Crippen molar-refractivity contribution in [1.82, 2.24) is 36.1 Å². The maximum absolute atomic E-state index is 13.7. The van der Waals surface area contributed by atoms with E-state index in [0.29, 0.717) is 5.69 Å². The molecule has 0 spiro atoms. The summed E-state index contributed by atoms with van der Waals surface area (Å²) in [5.41, 5.74) is 5.66. The molecule has 0 saturated carbocycles. The number of nitrogens with two attached hydrogens (primary N) is 1. The molecule has 7 atom stereocenters. The van der Waals surface area contributed by atoms with Gasteiger partial charge in [-0.2, -0.15) is 0 Å². The van der Waals surface area contributed by atoms with E-state index in [1.807, 2.05) is 20.8 Å². The Hall–Kier alpha value is -4.36. The molecule has 0 bridgehead atoms. The first-order chi connectivity index (χ1) is 23.9. The third kappa shape index (κ3) is 14.1. The fourth-order valence-electron chi connectivity index (χ4n) is 5.24. The molecule has 1 aliphatic heterocycles. The zero-order valence-electron chi connectivity index (χ0n) is 29.1. The predicted molar refractivity (Wildman–Crippen MR) is 178 cm³/mol. The quantitative estimate of drug-likeness (QED) is 0.0509. The highest BCUT2D eigenvalue weighted by Crippen LogP contribution is 2.38. The second-order valence-corrected chi connectivity index (χ2v) is 13.6. The van der Waals surface area contributed by atoms with Crippen molar-refractivity contribution in [3.63, 3.8) is 0 Å². The van der Waals surface area contributed by atoms with Crippen LogP contribution < -0.4 is 27.0 Å². The number of carbonyl (C=O) groups is 6. The molecule has 1 aromatic heterocycles. The maximum atomic E-state index is 13.7. The number of imidazole rings is 1. The monoisotopic (exact) mass is 744 g/mol. The summed E-state index contributed by atoms with van der Waals surface area (Å²) in [6.45, 7) is 7.12. The smallest absolute Gasteiger partial charge is 0.469 e. The molecule has 2 heterocycles. The molecule has 20 nitrogen and oxygen atoms in total. The number of likely N-dealkylation sites (tertiary alicyclic amines) is 1. The van der Waals surface area contributed by atoms with E-state index < -0.39 is 86.4 Å². The van der Waals surface area contributed by atoms with Gasteiger partial charge in [-0.25, -0.2) is 9.55 Å². The average Bonchev–Trinajstić information content (AvgIpc) is 3.71. The zero-order chi connectivity index (χ0) is 38.5. The zero-order valence-corrected chi connectivity index (χ0v) is 30.0. The molecule has 1 fully saturated rings. The van der Waals surface area contributed by atoms with Crippen LogP contribution in [0.3, 0.4) is 0 Å². The molecule has 0 aromatic carbocycles. The van der Waals surface area contributed by atoms with Gasteiger partial charge in [0.15, 0.2) is 0 Å². The van der Waals surface area contributed by atoms with Crippen molar-refractivity contribution in [2.45, 2.75) is 103 Å². The lowest BCUT2D eigenvalue weighted by Gasteiger charge is -2.28. The Morgan fingerprint density at radius 2 is 1.69 bits per heavy atom. The Labute approximate surface area is 294 Å². The minimum absolute atomic E-state index is 0.110. The van der Waals surface area contributed by atoms with Gasteiger partial charge in [0, 0.05) is 31.7 Å². The Morgan fingerprint density at radius 1 is 1.06 bits per heavy atom. The molecule has 286 valence electrons. The summed E-state index contributed by atoms with van der Waals surface area (Å²) in [6, 6.07) is -6.98. The molecule has 1 saturated heterocycles. The number of aromatic nitrogens is 2. The van der Waals surface area contributed by atoms with Crippen LogP contribution in [0.2, 0.25) is 0 Å². The third-order valence-electron chi connectivity index (χ3n) is 7.72. The number of phosphoric ester groups is 1. The van der Waals surface area contributed by atoms with Crippen LogP contribution in [0, 0.1) is 5.92 Å². The number of rotatable bonds is 20. The number of primary amides is 1.